The molecule has 6 heteroatoms. The van der Waals surface area contributed by atoms with E-state index in [2.05, 4.69) is 37.2 Å². The Morgan fingerprint density at radius 2 is 1.89 bits per heavy atom. The lowest BCUT2D eigenvalue weighted by molar-refractivity contribution is 0.102. The smallest absolute Gasteiger partial charge is 0.257 e. The van der Waals surface area contributed by atoms with Crippen LogP contribution >= 0.6 is 43.5 Å². The molecule has 0 radical (unpaired) electrons. The van der Waals surface area contributed by atoms with Gasteiger partial charge in [-0.05, 0) is 52.3 Å². The number of carbonyl (C=O) groups is 1. The van der Waals surface area contributed by atoms with Crippen molar-refractivity contribution in [2.45, 2.75) is 0 Å². The van der Waals surface area contributed by atoms with Crippen LogP contribution in [-0.2, 0) is 0 Å². The number of benzene rings is 2. The zero-order valence-corrected chi connectivity index (χ0v) is 13.4. The van der Waals surface area contributed by atoms with Gasteiger partial charge < -0.3 is 10.4 Å². The molecular formula is C13H8Br2ClNO2. The number of anilines is 1. The van der Waals surface area contributed by atoms with Gasteiger partial charge in [-0.15, -0.1) is 0 Å². The van der Waals surface area contributed by atoms with Gasteiger partial charge in [0, 0.05) is 8.95 Å². The molecule has 0 fully saturated rings. The first kappa shape index (κ1) is 14.4. The Bertz CT molecular complexity index is 647. The van der Waals surface area contributed by atoms with Gasteiger partial charge in [-0.2, -0.15) is 0 Å². The fourth-order valence-corrected chi connectivity index (χ4v) is 2.82. The number of carbonyl (C=O) groups excluding carboxylic acids is 1. The van der Waals surface area contributed by atoms with Crippen molar-refractivity contribution < 1.29 is 9.90 Å². The Hall–Kier alpha value is -1.04. The molecule has 98 valence electrons. The maximum Gasteiger partial charge on any atom is 0.257 e. The summed E-state index contributed by atoms with van der Waals surface area (Å²) in [6.45, 7) is 0. The Morgan fingerprint density at radius 1 is 1.16 bits per heavy atom. The van der Waals surface area contributed by atoms with Crippen LogP contribution in [0.5, 0.6) is 5.75 Å². The van der Waals surface area contributed by atoms with Gasteiger partial charge in [0.15, 0.2) is 0 Å². The number of amides is 1. The van der Waals surface area contributed by atoms with Gasteiger partial charge in [-0.1, -0.05) is 27.5 Å². The molecule has 0 heterocycles. The van der Waals surface area contributed by atoms with E-state index < -0.39 is 0 Å². The first-order chi connectivity index (χ1) is 8.97. The number of hydrogen-bond donors (Lipinski definition) is 2. The van der Waals surface area contributed by atoms with Crippen molar-refractivity contribution in [3.05, 3.63) is 55.9 Å². The van der Waals surface area contributed by atoms with Gasteiger partial charge in [0.2, 0.25) is 0 Å². The van der Waals surface area contributed by atoms with Crippen LogP contribution in [0.15, 0.2) is 45.3 Å². The van der Waals surface area contributed by atoms with Gasteiger partial charge in [-0.25, -0.2) is 0 Å². The zero-order valence-electron chi connectivity index (χ0n) is 9.45. The summed E-state index contributed by atoms with van der Waals surface area (Å²) in [4.78, 5) is 12.1. The molecule has 2 aromatic carbocycles. The summed E-state index contributed by atoms with van der Waals surface area (Å²) in [5.74, 6) is -0.395. The largest absolute Gasteiger partial charge is 0.508 e. The van der Waals surface area contributed by atoms with Gasteiger partial charge in [0.25, 0.3) is 5.91 Å². The van der Waals surface area contributed by atoms with Crippen LogP contribution in [0.25, 0.3) is 0 Å². The monoisotopic (exact) mass is 403 g/mol. The fourth-order valence-electron chi connectivity index (χ4n) is 1.47. The summed E-state index contributed by atoms with van der Waals surface area (Å²) in [5.41, 5.74) is 0.837. The Kier molecular flexibility index (Phi) is 4.50. The maximum absolute atomic E-state index is 12.1. The number of phenols is 1. The molecule has 0 spiro atoms. The van der Waals surface area contributed by atoms with Crippen molar-refractivity contribution >= 4 is 55.1 Å². The topological polar surface area (TPSA) is 49.3 Å². The third-order valence-corrected chi connectivity index (χ3v) is 3.85. The average molecular weight is 405 g/mol. The number of aromatic hydroxyl groups is 1. The Balaban J connectivity index is 2.28. The van der Waals surface area contributed by atoms with E-state index in [9.17, 15) is 9.90 Å². The molecule has 1 amide bonds. The molecule has 0 aliphatic rings. The first-order valence-corrected chi connectivity index (χ1v) is 7.18. The van der Waals surface area contributed by atoms with Crippen LogP contribution in [0.4, 0.5) is 5.69 Å². The van der Waals surface area contributed by atoms with Crippen molar-refractivity contribution in [3.8, 4) is 5.75 Å². The summed E-state index contributed by atoms with van der Waals surface area (Å²) < 4.78 is 1.64. The average Bonchev–Trinajstić information content (AvgIpc) is 2.35. The van der Waals surface area contributed by atoms with Crippen molar-refractivity contribution in [3.63, 3.8) is 0 Å². The lowest BCUT2D eigenvalue weighted by Gasteiger charge is -2.09. The highest BCUT2D eigenvalue weighted by atomic mass is 79.9. The third kappa shape index (κ3) is 3.49. The standard InChI is InChI=1S/C13H8Br2ClNO2/c14-7-1-4-12(10(15)5-7)17-13(19)9-6-8(18)2-3-11(9)16/h1-6,18H,(H,17,19). The van der Waals surface area contributed by atoms with Crippen molar-refractivity contribution in [1.82, 2.24) is 0 Å². The second kappa shape index (κ2) is 5.94. The first-order valence-electron chi connectivity index (χ1n) is 5.22. The summed E-state index contributed by atoms with van der Waals surface area (Å²) in [6.07, 6.45) is 0. The molecule has 19 heavy (non-hydrogen) atoms. The lowest BCUT2D eigenvalue weighted by Crippen LogP contribution is -2.12. The van der Waals surface area contributed by atoms with E-state index in [1.807, 2.05) is 12.1 Å². The minimum Gasteiger partial charge on any atom is -0.508 e. The predicted molar refractivity (Wildman–Crippen MR) is 82.9 cm³/mol. The molecule has 2 aromatic rings. The fraction of sp³-hybridized carbons (Fsp3) is 0. The normalized spacial score (nSPS) is 10.3. The third-order valence-electron chi connectivity index (χ3n) is 2.37. The summed E-state index contributed by atoms with van der Waals surface area (Å²) >= 11 is 12.6. The van der Waals surface area contributed by atoms with Crippen LogP contribution in [0, 0.1) is 0 Å². The molecule has 0 atom stereocenters. The number of halogens is 3. The molecule has 0 aliphatic carbocycles. The molecule has 0 aromatic heterocycles. The van der Waals surface area contributed by atoms with E-state index >= 15 is 0 Å². The SMILES string of the molecule is O=C(Nc1ccc(Br)cc1Br)c1cc(O)ccc1Cl. The highest BCUT2D eigenvalue weighted by molar-refractivity contribution is 9.11. The highest BCUT2D eigenvalue weighted by Gasteiger charge is 2.13. The van der Waals surface area contributed by atoms with Crippen LogP contribution in [-0.4, -0.2) is 11.0 Å². The van der Waals surface area contributed by atoms with E-state index in [-0.39, 0.29) is 22.2 Å². The van der Waals surface area contributed by atoms with Crippen molar-refractivity contribution in [2.24, 2.45) is 0 Å². The van der Waals surface area contributed by atoms with Crippen molar-refractivity contribution in [1.29, 1.82) is 0 Å². The maximum atomic E-state index is 12.1. The van der Waals surface area contributed by atoms with Crippen LogP contribution in [0.1, 0.15) is 10.4 Å². The summed E-state index contributed by atoms with van der Waals surface area (Å²) in [7, 11) is 0. The van der Waals surface area contributed by atoms with Gasteiger partial charge >= 0.3 is 0 Å². The second-order valence-corrected chi connectivity index (χ2v) is 5.92. The van der Waals surface area contributed by atoms with Crippen molar-refractivity contribution in [2.75, 3.05) is 5.32 Å². The van der Waals surface area contributed by atoms with Gasteiger partial charge in [0.05, 0.1) is 16.3 Å². The second-order valence-electron chi connectivity index (χ2n) is 3.74. The molecule has 3 nitrogen and oxygen atoms in total. The Morgan fingerprint density at radius 3 is 2.58 bits per heavy atom. The van der Waals surface area contributed by atoms with Gasteiger partial charge in [0.1, 0.15) is 5.75 Å². The minimum absolute atomic E-state index is 0.00979. The van der Waals surface area contributed by atoms with E-state index in [0.29, 0.717) is 5.69 Å². The van der Waals surface area contributed by atoms with Crippen LogP contribution in [0.2, 0.25) is 5.02 Å². The molecule has 0 unspecified atom stereocenters. The number of hydrogen-bond acceptors (Lipinski definition) is 2. The number of nitrogens with one attached hydrogen (secondary N) is 1. The number of rotatable bonds is 2. The van der Waals surface area contributed by atoms with E-state index in [1.54, 1.807) is 6.07 Å². The molecule has 0 aliphatic heterocycles. The van der Waals surface area contributed by atoms with Gasteiger partial charge in [-0.3, -0.25) is 4.79 Å². The molecule has 0 saturated carbocycles. The zero-order chi connectivity index (χ0) is 14.0. The summed E-state index contributed by atoms with van der Waals surface area (Å²) in [6, 6.07) is 9.61. The lowest BCUT2D eigenvalue weighted by atomic mass is 10.2. The highest BCUT2D eigenvalue weighted by Crippen LogP contribution is 2.28. The molecular weight excluding hydrogens is 397 g/mol. The minimum atomic E-state index is -0.385. The summed E-state index contributed by atoms with van der Waals surface area (Å²) in [5, 5.41) is 12.4. The quantitative estimate of drug-likeness (QED) is 0.752. The number of phenolic OH excluding ortho intramolecular Hbond substituents is 1. The van der Waals surface area contributed by atoms with E-state index in [4.69, 9.17) is 11.6 Å². The Labute approximate surface area is 131 Å². The molecule has 0 bridgehead atoms. The van der Waals surface area contributed by atoms with E-state index in [0.717, 1.165) is 8.95 Å². The molecule has 2 N–H and O–H groups in total. The molecule has 0 saturated heterocycles. The van der Waals surface area contributed by atoms with Crippen LogP contribution < -0.4 is 5.32 Å². The molecule has 2 rings (SSSR count). The van der Waals surface area contributed by atoms with E-state index in [1.165, 1.54) is 18.2 Å². The van der Waals surface area contributed by atoms with Crippen LogP contribution in [0.3, 0.4) is 0 Å². The predicted octanol–water partition coefficient (Wildman–Crippen LogP) is 4.82.